The van der Waals surface area contributed by atoms with Crippen molar-refractivity contribution < 1.29 is 4.74 Å². The van der Waals surface area contributed by atoms with Gasteiger partial charge in [0.25, 0.3) is 0 Å². The minimum Gasteiger partial charge on any atom is -0.383 e. The summed E-state index contributed by atoms with van der Waals surface area (Å²) in [6.07, 6.45) is 3.98. The second-order valence-electron chi connectivity index (χ2n) is 6.51. The van der Waals surface area contributed by atoms with Crippen molar-refractivity contribution in [2.24, 2.45) is 17.1 Å². The molecule has 0 radical (unpaired) electrons. The first-order valence-corrected chi connectivity index (χ1v) is 6.90. The quantitative estimate of drug-likeness (QED) is 0.820. The van der Waals surface area contributed by atoms with E-state index in [4.69, 9.17) is 10.5 Å². The standard InChI is InChI=1S/C14H30N2O/c1-14(2,3)12-6-5-8-16(9-7-12)10-13(15)11-17-4/h12-13H,5-11,15H2,1-4H3. The summed E-state index contributed by atoms with van der Waals surface area (Å²) < 4.78 is 5.10. The van der Waals surface area contributed by atoms with E-state index in [1.165, 1.54) is 32.4 Å². The van der Waals surface area contributed by atoms with Gasteiger partial charge in [-0.15, -0.1) is 0 Å². The molecule has 0 bridgehead atoms. The zero-order chi connectivity index (χ0) is 12.9. The maximum absolute atomic E-state index is 6.02. The summed E-state index contributed by atoms with van der Waals surface area (Å²) in [5.41, 5.74) is 6.47. The van der Waals surface area contributed by atoms with Crippen LogP contribution in [0.5, 0.6) is 0 Å². The molecule has 0 spiro atoms. The molecule has 2 unspecified atom stereocenters. The van der Waals surface area contributed by atoms with Gasteiger partial charge in [-0.05, 0) is 43.7 Å². The van der Waals surface area contributed by atoms with Crippen LogP contribution in [0.3, 0.4) is 0 Å². The second kappa shape index (κ2) is 6.72. The van der Waals surface area contributed by atoms with Crippen molar-refractivity contribution in [2.75, 3.05) is 33.4 Å². The number of likely N-dealkylation sites (tertiary alicyclic amines) is 1. The highest BCUT2D eigenvalue weighted by molar-refractivity contribution is 4.80. The van der Waals surface area contributed by atoms with Gasteiger partial charge >= 0.3 is 0 Å². The van der Waals surface area contributed by atoms with Crippen molar-refractivity contribution in [3.05, 3.63) is 0 Å². The first kappa shape index (κ1) is 14.9. The Labute approximate surface area is 107 Å². The van der Waals surface area contributed by atoms with Crippen molar-refractivity contribution in [2.45, 2.75) is 46.1 Å². The average molecular weight is 242 g/mol. The van der Waals surface area contributed by atoms with Crippen LogP contribution in [0.25, 0.3) is 0 Å². The highest BCUT2D eigenvalue weighted by Gasteiger charge is 2.27. The number of hydrogen-bond donors (Lipinski definition) is 1. The summed E-state index contributed by atoms with van der Waals surface area (Å²) in [7, 11) is 1.72. The summed E-state index contributed by atoms with van der Waals surface area (Å²) in [5, 5.41) is 0. The lowest BCUT2D eigenvalue weighted by molar-refractivity contribution is 0.152. The third-order valence-corrected chi connectivity index (χ3v) is 3.92. The molecule has 1 aliphatic rings. The largest absolute Gasteiger partial charge is 0.383 e. The van der Waals surface area contributed by atoms with Gasteiger partial charge < -0.3 is 15.4 Å². The zero-order valence-electron chi connectivity index (χ0n) is 12.0. The Kier molecular flexibility index (Phi) is 5.90. The van der Waals surface area contributed by atoms with E-state index in [-0.39, 0.29) is 6.04 Å². The van der Waals surface area contributed by atoms with E-state index in [9.17, 15) is 0 Å². The molecule has 0 aliphatic carbocycles. The Morgan fingerprint density at radius 3 is 2.59 bits per heavy atom. The summed E-state index contributed by atoms with van der Waals surface area (Å²) in [5.74, 6) is 0.853. The molecule has 0 aromatic carbocycles. The van der Waals surface area contributed by atoms with E-state index in [2.05, 4.69) is 25.7 Å². The maximum atomic E-state index is 6.02. The molecule has 1 rings (SSSR count). The van der Waals surface area contributed by atoms with Crippen LogP contribution in [0.1, 0.15) is 40.0 Å². The molecule has 0 aromatic rings. The topological polar surface area (TPSA) is 38.5 Å². The number of methoxy groups -OCH3 is 1. The summed E-state index contributed by atoms with van der Waals surface area (Å²) in [6.45, 7) is 11.1. The third-order valence-electron chi connectivity index (χ3n) is 3.92. The highest BCUT2D eigenvalue weighted by Crippen LogP contribution is 2.34. The minimum atomic E-state index is 0.159. The Bertz CT molecular complexity index is 213. The van der Waals surface area contributed by atoms with Crippen LogP contribution in [-0.2, 0) is 4.74 Å². The van der Waals surface area contributed by atoms with Crippen LogP contribution in [0, 0.1) is 11.3 Å². The summed E-state index contributed by atoms with van der Waals surface area (Å²) >= 11 is 0. The zero-order valence-corrected chi connectivity index (χ0v) is 12.0. The van der Waals surface area contributed by atoms with Crippen LogP contribution in [0.4, 0.5) is 0 Å². The monoisotopic (exact) mass is 242 g/mol. The maximum Gasteiger partial charge on any atom is 0.0626 e. The van der Waals surface area contributed by atoms with Gasteiger partial charge in [0.2, 0.25) is 0 Å². The van der Waals surface area contributed by atoms with Gasteiger partial charge in [0, 0.05) is 19.7 Å². The summed E-state index contributed by atoms with van der Waals surface area (Å²) in [6, 6.07) is 0.159. The lowest BCUT2D eigenvalue weighted by Gasteiger charge is -2.30. The Morgan fingerprint density at radius 2 is 2.00 bits per heavy atom. The van der Waals surface area contributed by atoms with Crippen LogP contribution in [0.2, 0.25) is 0 Å². The normalized spacial score (nSPS) is 25.6. The molecule has 1 aliphatic heterocycles. The first-order valence-electron chi connectivity index (χ1n) is 6.90. The van der Waals surface area contributed by atoms with E-state index in [1.54, 1.807) is 7.11 Å². The third kappa shape index (κ3) is 5.36. The molecule has 17 heavy (non-hydrogen) atoms. The van der Waals surface area contributed by atoms with Crippen molar-refractivity contribution in [1.82, 2.24) is 4.90 Å². The minimum absolute atomic E-state index is 0.159. The highest BCUT2D eigenvalue weighted by atomic mass is 16.5. The van der Waals surface area contributed by atoms with E-state index < -0.39 is 0 Å². The van der Waals surface area contributed by atoms with Gasteiger partial charge in [0.1, 0.15) is 0 Å². The molecule has 3 nitrogen and oxygen atoms in total. The lowest BCUT2D eigenvalue weighted by Crippen LogP contribution is -2.40. The first-order chi connectivity index (χ1) is 7.93. The fraction of sp³-hybridized carbons (Fsp3) is 1.00. The van der Waals surface area contributed by atoms with Gasteiger partial charge in [-0.2, -0.15) is 0 Å². The van der Waals surface area contributed by atoms with Gasteiger partial charge in [-0.25, -0.2) is 0 Å². The molecular weight excluding hydrogens is 212 g/mol. The fourth-order valence-corrected chi connectivity index (χ4v) is 2.80. The molecule has 0 amide bonds. The number of nitrogens with zero attached hydrogens (tertiary/aromatic N) is 1. The van der Waals surface area contributed by atoms with Crippen molar-refractivity contribution in [1.29, 1.82) is 0 Å². The molecule has 2 atom stereocenters. The average Bonchev–Trinajstić information content (AvgIpc) is 2.42. The van der Waals surface area contributed by atoms with Crippen LogP contribution < -0.4 is 5.73 Å². The predicted molar refractivity (Wildman–Crippen MR) is 73.1 cm³/mol. The van der Waals surface area contributed by atoms with E-state index in [0.717, 1.165) is 12.5 Å². The molecule has 102 valence electrons. The van der Waals surface area contributed by atoms with E-state index in [0.29, 0.717) is 12.0 Å². The number of rotatable bonds is 4. The predicted octanol–water partition coefficient (Wildman–Crippen LogP) is 2.11. The van der Waals surface area contributed by atoms with Gasteiger partial charge in [-0.3, -0.25) is 0 Å². The molecular formula is C14H30N2O. The number of hydrogen-bond acceptors (Lipinski definition) is 3. The molecule has 1 fully saturated rings. The van der Waals surface area contributed by atoms with Crippen LogP contribution >= 0.6 is 0 Å². The number of ether oxygens (including phenoxy) is 1. The Balaban J connectivity index is 2.37. The molecule has 2 N–H and O–H groups in total. The van der Waals surface area contributed by atoms with Crippen LogP contribution in [0.15, 0.2) is 0 Å². The Hall–Kier alpha value is -0.120. The molecule has 0 saturated carbocycles. The van der Waals surface area contributed by atoms with E-state index in [1.807, 2.05) is 0 Å². The molecule has 0 aromatic heterocycles. The lowest BCUT2D eigenvalue weighted by atomic mass is 9.77. The molecule has 1 heterocycles. The second-order valence-corrected chi connectivity index (χ2v) is 6.51. The van der Waals surface area contributed by atoms with Gasteiger partial charge in [-0.1, -0.05) is 20.8 Å². The van der Waals surface area contributed by atoms with Gasteiger partial charge in [0.05, 0.1) is 6.61 Å². The van der Waals surface area contributed by atoms with E-state index >= 15 is 0 Å². The van der Waals surface area contributed by atoms with Crippen LogP contribution in [-0.4, -0.2) is 44.3 Å². The smallest absolute Gasteiger partial charge is 0.0626 e. The van der Waals surface area contributed by atoms with Gasteiger partial charge in [0.15, 0.2) is 0 Å². The fourth-order valence-electron chi connectivity index (χ4n) is 2.80. The van der Waals surface area contributed by atoms with Crippen molar-refractivity contribution >= 4 is 0 Å². The molecule has 3 heteroatoms. The SMILES string of the molecule is COCC(N)CN1CCCC(C(C)(C)C)CC1. The van der Waals surface area contributed by atoms with Crippen molar-refractivity contribution in [3.8, 4) is 0 Å². The molecule has 1 saturated heterocycles. The van der Waals surface area contributed by atoms with Crippen molar-refractivity contribution in [3.63, 3.8) is 0 Å². The summed E-state index contributed by atoms with van der Waals surface area (Å²) in [4.78, 5) is 2.51. The number of nitrogens with two attached hydrogens (primary N) is 1. The Morgan fingerprint density at radius 1 is 1.29 bits per heavy atom.